The van der Waals surface area contributed by atoms with Crippen LogP contribution in [0.3, 0.4) is 0 Å². The number of benzene rings is 1. The lowest BCUT2D eigenvalue weighted by Crippen LogP contribution is -2.50. The van der Waals surface area contributed by atoms with Gasteiger partial charge in [0.25, 0.3) is 5.91 Å². The molecule has 2 amide bonds. The van der Waals surface area contributed by atoms with Crippen LogP contribution in [-0.2, 0) is 15.7 Å². The second-order valence-electron chi connectivity index (χ2n) is 12.1. The summed E-state index contributed by atoms with van der Waals surface area (Å²) in [5, 5.41) is 3.65. The smallest absolute Gasteiger partial charge is 0.444 e. The number of amides is 2. The molecule has 0 bridgehead atoms. The monoisotopic (exact) mass is 629 g/mol. The minimum Gasteiger partial charge on any atom is -0.444 e. The molecule has 5 rings (SSSR count). The van der Waals surface area contributed by atoms with Gasteiger partial charge in [-0.3, -0.25) is 9.69 Å². The third kappa shape index (κ3) is 8.17. The molecule has 2 aromatic heterocycles. The van der Waals surface area contributed by atoms with E-state index in [9.17, 15) is 22.8 Å². The lowest BCUT2D eigenvalue weighted by atomic mass is 10.1. The predicted molar refractivity (Wildman–Crippen MR) is 161 cm³/mol. The van der Waals surface area contributed by atoms with Crippen LogP contribution in [0.25, 0.3) is 10.9 Å². The quantitative estimate of drug-likeness (QED) is 0.427. The van der Waals surface area contributed by atoms with Gasteiger partial charge in [-0.15, -0.1) is 0 Å². The van der Waals surface area contributed by atoms with Crippen molar-refractivity contribution in [3.05, 3.63) is 59.7 Å². The number of carbonyl (C=O) groups excluding carboxylic acids is 2. The number of rotatable bonds is 6. The van der Waals surface area contributed by atoms with Gasteiger partial charge in [0.2, 0.25) is 5.82 Å². The number of pyridine rings is 1. The van der Waals surface area contributed by atoms with Gasteiger partial charge in [-0.1, -0.05) is 6.07 Å². The van der Waals surface area contributed by atoms with Gasteiger partial charge in [-0.2, -0.15) is 13.2 Å². The lowest BCUT2D eigenvalue weighted by molar-refractivity contribution is -0.145. The number of ether oxygens (including phenoxy) is 2. The van der Waals surface area contributed by atoms with Crippen LogP contribution in [-0.4, -0.2) is 101 Å². The highest BCUT2D eigenvalue weighted by Gasteiger charge is 2.35. The van der Waals surface area contributed by atoms with Gasteiger partial charge in [-0.25, -0.2) is 19.7 Å². The van der Waals surface area contributed by atoms with Crippen molar-refractivity contribution in [2.45, 2.75) is 45.0 Å². The number of hydrogen-bond acceptors (Lipinski definition) is 9. The zero-order chi connectivity index (χ0) is 32.2. The number of nitrogens with one attached hydrogen (secondary N) is 1. The number of fused-ring (bicyclic) bond motifs is 1. The van der Waals surface area contributed by atoms with Crippen molar-refractivity contribution in [1.82, 2.24) is 30.1 Å². The van der Waals surface area contributed by atoms with Crippen molar-refractivity contribution >= 4 is 28.7 Å². The van der Waals surface area contributed by atoms with E-state index in [1.165, 1.54) is 12.4 Å². The van der Waals surface area contributed by atoms with Crippen molar-refractivity contribution < 1.29 is 32.2 Å². The Bertz CT molecular complexity index is 1480. The molecule has 1 unspecified atom stereocenters. The summed E-state index contributed by atoms with van der Waals surface area (Å²) >= 11 is 0. The van der Waals surface area contributed by atoms with Crippen LogP contribution in [0.15, 0.2) is 42.7 Å². The Morgan fingerprint density at radius 1 is 0.978 bits per heavy atom. The van der Waals surface area contributed by atoms with Crippen LogP contribution in [0.5, 0.6) is 0 Å². The molecular weight excluding hydrogens is 591 g/mol. The Hall–Kier alpha value is -4.04. The van der Waals surface area contributed by atoms with Crippen LogP contribution >= 0.6 is 0 Å². The van der Waals surface area contributed by atoms with Gasteiger partial charge in [0.05, 0.1) is 18.2 Å². The van der Waals surface area contributed by atoms with E-state index in [4.69, 9.17) is 14.5 Å². The van der Waals surface area contributed by atoms with Crippen molar-refractivity contribution in [3.63, 3.8) is 0 Å². The maximum absolute atomic E-state index is 13.5. The Kier molecular flexibility index (Phi) is 9.73. The van der Waals surface area contributed by atoms with E-state index in [-0.39, 0.29) is 18.5 Å². The fraction of sp³-hybridized carbons (Fsp3) is 0.516. The number of piperazine rings is 1. The number of carbonyl (C=O) groups is 2. The molecule has 0 spiro atoms. The molecule has 0 aliphatic carbocycles. The third-order valence-corrected chi connectivity index (χ3v) is 7.68. The van der Waals surface area contributed by atoms with E-state index in [0.717, 1.165) is 12.2 Å². The van der Waals surface area contributed by atoms with E-state index < -0.39 is 23.6 Å². The second-order valence-corrected chi connectivity index (χ2v) is 12.1. The molecule has 3 aromatic rings. The number of aromatic nitrogens is 3. The molecule has 2 aliphatic rings. The van der Waals surface area contributed by atoms with Gasteiger partial charge in [0, 0.05) is 81.3 Å². The molecule has 14 heteroatoms. The molecular formula is C31H38F3N7O4. The molecule has 0 radical (unpaired) electrons. The zero-order valence-electron chi connectivity index (χ0n) is 25.6. The molecule has 2 fully saturated rings. The number of hydrogen-bond donors (Lipinski definition) is 1. The third-order valence-electron chi connectivity index (χ3n) is 7.68. The topological polar surface area (TPSA) is 113 Å². The molecule has 4 heterocycles. The van der Waals surface area contributed by atoms with E-state index in [2.05, 4.69) is 25.1 Å². The molecule has 1 N–H and O–H groups in total. The molecule has 2 aliphatic heterocycles. The number of alkyl halides is 3. The minimum absolute atomic E-state index is 0.136. The van der Waals surface area contributed by atoms with Gasteiger partial charge in [-0.05, 0) is 51.5 Å². The van der Waals surface area contributed by atoms with Gasteiger partial charge >= 0.3 is 12.3 Å². The van der Waals surface area contributed by atoms with Gasteiger partial charge in [0.1, 0.15) is 11.4 Å². The Labute approximate surface area is 259 Å². The van der Waals surface area contributed by atoms with Crippen LogP contribution in [0.1, 0.15) is 55.0 Å². The predicted octanol–water partition coefficient (Wildman–Crippen LogP) is 4.29. The Morgan fingerprint density at radius 3 is 2.40 bits per heavy atom. The fourth-order valence-electron chi connectivity index (χ4n) is 5.44. The first-order valence-electron chi connectivity index (χ1n) is 15.0. The average molecular weight is 630 g/mol. The fourth-order valence-corrected chi connectivity index (χ4v) is 5.44. The molecule has 1 aromatic carbocycles. The molecule has 45 heavy (non-hydrogen) atoms. The van der Waals surface area contributed by atoms with Crippen molar-refractivity contribution in [3.8, 4) is 0 Å². The summed E-state index contributed by atoms with van der Waals surface area (Å²) < 4.78 is 50.3. The zero-order valence-corrected chi connectivity index (χ0v) is 25.6. The largest absolute Gasteiger partial charge is 0.451 e. The summed E-state index contributed by atoms with van der Waals surface area (Å²) in [6.45, 7) is 10.1. The van der Waals surface area contributed by atoms with Crippen molar-refractivity contribution in [2.24, 2.45) is 0 Å². The van der Waals surface area contributed by atoms with E-state index >= 15 is 0 Å². The molecule has 2 saturated heterocycles. The summed E-state index contributed by atoms with van der Waals surface area (Å²) in [4.78, 5) is 43.7. The summed E-state index contributed by atoms with van der Waals surface area (Å²) in [6, 6.07) is 8.60. The van der Waals surface area contributed by atoms with Crippen molar-refractivity contribution in [2.75, 3.05) is 63.9 Å². The molecule has 0 saturated carbocycles. The average Bonchev–Trinajstić information content (AvgIpc) is 3.29. The van der Waals surface area contributed by atoms with Gasteiger partial charge < -0.3 is 24.6 Å². The van der Waals surface area contributed by atoms with E-state index in [1.54, 1.807) is 17.0 Å². The van der Waals surface area contributed by atoms with Crippen molar-refractivity contribution in [1.29, 1.82) is 0 Å². The Morgan fingerprint density at radius 2 is 1.71 bits per heavy atom. The first-order chi connectivity index (χ1) is 21.4. The molecule has 242 valence electrons. The molecule has 11 nitrogen and oxygen atoms in total. The first kappa shape index (κ1) is 32.4. The molecule has 1 atom stereocenters. The van der Waals surface area contributed by atoms with Crippen LogP contribution < -0.4 is 10.2 Å². The number of halogens is 3. The van der Waals surface area contributed by atoms with Gasteiger partial charge in [0.15, 0.2) is 0 Å². The summed E-state index contributed by atoms with van der Waals surface area (Å²) in [5.74, 6) is -0.791. The second kappa shape index (κ2) is 13.5. The van der Waals surface area contributed by atoms with E-state index in [0.29, 0.717) is 74.5 Å². The van der Waals surface area contributed by atoms with Crippen LogP contribution in [0, 0.1) is 0 Å². The van der Waals surface area contributed by atoms with Crippen LogP contribution in [0.2, 0.25) is 0 Å². The Balaban J connectivity index is 1.28. The maximum Gasteiger partial charge on any atom is 0.451 e. The highest BCUT2D eigenvalue weighted by atomic mass is 19.4. The first-order valence-corrected chi connectivity index (χ1v) is 15.0. The SMILES string of the molecule is CC(C)(C)OC(=O)N1CCN(c2ccc3c(C(=O)NCC(c4cnc(C(F)(F)F)nc4)N4CCCOCC4)cccc3n2)CC1. The standard InChI is InChI=1S/C31H38F3N7O4/c1-30(2,3)45-29(43)41-13-11-40(12-14-41)26-9-8-22-23(6-4-7-24(22)38-26)27(42)35-20-25(39-10-5-16-44-17-15-39)21-18-36-28(37-19-21)31(32,33)34/h4,6-9,18-19,25H,5,10-17,20H2,1-3H3,(H,35,42). The number of anilines is 1. The maximum atomic E-state index is 13.5. The summed E-state index contributed by atoms with van der Waals surface area (Å²) in [5.41, 5.74) is 0.994. The van der Waals surface area contributed by atoms with Crippen LogP contribution in [0.4, 0.5) is 23.8 Å². The highest BCUT2D eigenvalue weighted by Crippen LogP contribution is 2.28. The number of nitrogens with zero attached hydrogens (tertiary/aromatic N) is 6. The lowest BCUT2D eigenvalue weighted by Gasteiger charge is -2.36. The summed E-state index contributed by atoms with van der Waals surface area (Å²) in [6.07, 6.45) is -1.87. The van der Waals surface area contributed by atoms with E-state index in [1.807, 2.05) is 39.0 Å². The normalized spacial score (nSPS) is 17.6. The minimum atomic E-state index is -4.64. The highest BCUT2D eigenvalue weighted by molar-refractivity contribution is 6.06. The summed E-state index contributed by atoms with van der Waals surface area (Å²) in [7, 11) is 0.